The van der Waals surface area contributed by atoms with Crippen LogP contribution in [0, 0.1) is 0 Å². The van der Waals surface area contributed by atoms with Gasteiger partial charge in [-0.15, -0.1) is 0 Å². The fraction of sp³-hybridized carbons (Fsp3) is 0.355. The highest BCUT2D eigenvalue weighted by Crippen LogP contribution is 2.45. The standard InChI is InChI=1S/C31H33Cl2FN4O4/c1-20(39)37-14-16-38(17-15-37)30(40)31(26-12-11-25(41-2)19-27(26)42-18-13-34)35-28(21-3-7-23(32)8-4-21)29(36-31)22-5-9-24(33)10-6-22/h3-12,19,28-29,35-36H,13-18H2,1-2H3. The van der Waals surface area contributed by atoms with Gasteiger partial charge in [0.05, 0.1) is 19.2 Å². The van der Waals surface area contributed by atoms with Crippen molar-refractivity contribution in [1.29, 1.82) is 0 Å². The molecule has 3 aromatic carbocycles. The number of carbonyl (C=O) groups is 2. The van der Waals surface area contributed by atoms with Gasteiger partial charge in [-0.05, 0) is 47.5 Å². The molecule has 2 unspecified atom stereocenters. The van der Waals surface area contributed by atoms with Gasteiger partial charge in [-0.3, -0.25) is 20.2 Å². The predicted molar refractivity (Wildman–Crippen MR) is 160 cm³/mol. The summed E-state index contributed by atoms with van der Waals surface area (Å²) < 4.78 is 24.6. The summed E-state index contributed by atoms with van der Waals surface area (Å²) in [7, 11) is 1.53. The molecule has 0 spiro atoms. The Bertz CT molecular complexity index is 1360. The molecular formula is C31H33Cl2FN4O4. The molecule has 0 saturated carbocycles. The number of benzene rings is 3. The normalized spacial score (nSPS) is 22.2. The zero-order valence-electron chi connectivity index (χ0n) is 23.4. The van der Waals surface area contributed by atoms with Gasteiger partial charge in [-0.2, -0.15) is 0 Å². The van der Waals surface area contributed by atoms with Gasteiger partial charge in [-0.1, -0.05) is 47.5 Å². The number of rotatable bonds is 8. The van der Waals surface area contributed by atoms with Crippen LogP contribution in [0.15, 0.2) is 66.7 Å². The van der Waals surface area contributed by atoms with E-state index in [0.717, 1.165) is 11.1 Å². The largest absolute Gasteiger partial charge is 0.497 e. The Morgan fingerprint density at radius 3 is 1.88 bits per heavy atom. The van der Waals surface area contributed by atoms with E-state index in [9.17, 15) is 14.0 Å². The third-order valence-electron chi connectivity index (χ3n) is 7.80. The fourth-order valence-corrected chi connectivity index (χ4v) is 5.88. The molecule has 0 bridgehead atoms. The van der Waals surface area contributed by atoms with Crippen LogP contribution in [0.25, 0.3) is 0 Å². The van der Waals surface area contributed by atoms with Crippen LogP contribution in [-0.4, -0.2) is 68.2 Å². The van der Waals surface area contributed by atoms with E-state index >= 15 is 0 Å². The molecule has 2 amide bonds. The molecule has 8 nitrogen and oxygen atoms in total. The summed E-state index contributed by atoms with van der Waals surface area (Å²) in [6.45, 7) is 2.20. The molecule has 3 aromatic rings. The molecule has 2 aliphatic rings. The third kappa shape index (κ3) is 6.06. The predicted octanol–water partition coefficient (Wildman–Crippen LogP) is 4.87. The average molecular weight is 616 g/mol. The van der Waals surface area contributed by atoms with Crippen molar-refractivity contribution in [2.24, 2.45) is 0 Å². The summed E-state index contributed by atoms with van der Waals surface area (Å²) >= 11 is 12.5. The maximum atomic E-state index is 14.7. The lowest BCUT2D eigenvalue weighted by Crippen LogP contribution is -2.62. The first-order valence-electron chi connectivity index (χ1n) is 13.7. The summed E-state index contributed by atoms with van der Waals surface area (Å²) in [6.07, 6.45) is 0. The number of hydrogen-bond acceptors (Lipinski definition) is 6. The van der Waals surface area contributed by atoms with Gasteiger partial charge in [0.15, 0.2) is 5.66 Å². The van der Waals surface area contributed by atoms with E-state index in [1.807, 2.05) is 48.5 Å². The van der Waals surface area contributed by atoms with E-state index in [4.69, 9.17) is 32.7 Å². The minimum Gasteiger partial charge on any atom is -0.497 e. The molecule has 11 heteroatoms. The van der Waals surface area contributed by atoms with E-state index in [-0.39, 0.29) is 30.5 Å². The first-order chi connectivity index (χ1) is 20.3. The smallest absolute Gasteiger partial charge is 0.262 e. The number of ether oxygens (including phenoxy) is 2. The van der Waals surface area contributed by atoms with Crippen LogP contribution < -0.4 is 20.1 Å². The van der Waals surface area contributed by atoms with Crippen LogP contribution in [0.4, 0.5) is 4.39 Å². The van der Waals surface area contributed by atoms with Crippen molar-refractivity contribution in [2.45, 2.75) is 24.7 Å². The Morgan fingerprint density at radius 1 is 0.881 bits per heavy atom. The van der Waals surface area contributed by atoms with Gasteiger partial charge in [0.1, 0.15) is 24.8 Å². The molecular weight excluding hydrogens is 582 g/mol. The van der Waals surface area contributed by atoms with Gasteiger partial charge in [0.2, 0.25) is 5.91 Å². The number of methoxy groups -OCH3 is 1. The zero-order valence-corrected chi connectivity index (χ0v) is 24.9. The molecule has 2 atom stereocenters. The minimum atomic E-state index is -1.48. The maximum Gasteiger partial charge on any atom is 0.262 e. The van der Waals surface area contributed by atoms with Crippen molar-refractivity contribution in [1.82, 2.24) is 20.4 Å². The van der Waals surface area contributed by atoms with E-state index < -0.39 is 12.3 Å². The Kier molecular flexibility index (Phi) is 9.22. The molecule has 42 heavy (non-hydrogen) atoms. The summed E-state index contributed by atoms with van der Waals surface area (Å²) in [5.74, 6) is 0.550. The van der Waals surface area contributed by atoms with Crippen LogP contribution in [0.5, 0.6) is 11.5 Å². The number of nitrogens with zero attached hydrogens (tertiary/aromatic N) is 2. The lowest BCUT2D eigenvalue weighted by molar-refractivity contribution is -0.144. The summed E-state index contributed by atoms with van der Waals surface area (Å²) in [5, 5.41) is 8.45. The highest BCUT2D eigenvalue weighted by Gasteiger charge is 2.54. The molecule has 2 fully saturated rings. The molecule has 2 saturated heterocycles. The molecule has 0 aromatic heterocycles. The molecule has 5 rings (SSSR count). The average Bonchev–Trinajstić information content (AvgIpc) is 3.42. The highest BCUT2D eigenvalue weighted by atomic mass is 35.5. The van der Waals surface area contributed by atoms with Crippen molar-refractivity contribution in [2.75, 3.05) is 46.6 Å². The molecule has 2 aliphatic heterocycles. The second-order valence-corrected chi connectivity index (χ2v) is 11.2. The molecule has 222 valence electrons. The van der Waals surface area contributed by atoms with E-state index in [1.165, 1.54) is 14.0 Å². The Morgan fingerprint density at radius 2 is 1.40 bits per heavy atom. The SMILES string of the molecule is COc1ccc(C2(C(=O)N3CCN(C(C)=O)CC3)NC(c3ccc(Cl)cc3)C(c3ccc(Cl)cc3)N2)c(OCCF)c1. The fourth-order valence-electron chi connectivity index (χ4n) is 5.63. The number of hydrogen-bond donors (Lipinski definition) is 2. The third-order valence-corrected chi connectivity index (χ3v) is 8.30. The van der Waals surface area contributed by atoms with Crippen LogP contribution in [0.2, 0.25) is 10.0 Å². The second-order valence-electron chi connectivity index (χ2n) is 10.3. The minimum absolute atomic E-state index is 0.0309. The molecule has 2 N–H and O–H groups in total. The Hall–Kier alpha value is -3.37. The quantitative estimate of drug-likeness (QED) is 0.377. The first-order valence-corrected chi connectivity index (χ1v) is 14.5. The van der Waals surface area contributed by atoms with Gasteiger partial charge < -0.3 is 19.3 Å². The number of halogens is 3. The zero-order chi connectivity index (χ0) is 29.9. The Labute approximate surface area is 254 Å². The topological polar surface area (TPSA) is 83.1 Å². The second kappa shape index (κ2) is 12.9. The van der Waals surface area contributed by atoms with Crippen molar-refractivity contribution < 1.29 is 23.5 Å². The molecule has 2 heterocycles. The monoisotopic (exact) mass is 614 g/mol. The van der Waals surface area contributed by atoms with E-state index in [2.05, 4.69) is 10.6 Å². The van der Waals surface area contributed by atoms with Crippen molar-refractivity contribution >= 4 is 35.0 Å². The Balaban J connectivity index is 1.65. The highest BCUT2D eigenvalue weighted by molar-refractivity contribution is 6.30. The summed E-state index contributed by atoms with van der Waals surface area (Å²) in [6, 6.07) is 19.3. The van der Waals surface area contributed by atoms with Crippen molar-refractivity contribution in [3.05, 3.63) is 93.5 Å². The van der Waals surface area contributed by atoms with Crippen molar-refractivity contribution in [3.8, 4) is 11.5 Å². The van der Waals surface area contributed by atoms with Crippen LogP contribution >= 0.6 is 23.2 Å². The molecule has 0 aliphatic carbocycles. The lowest BCUT2D eigenvalue weighted by Gasteiger charge is -2.40. The number of amides is 2. The van der Waals surface area contributed by atoms with Crippen LogP contribution in [-0.2, 0) is 15.3 Å². The number of alkyl halides is 1. The van der Waals surface area contributed by atoms with E-state index in [0.29, 0.717) is 53.3 Å². The summed E-state index contributed by atoms with van der Waals surface area (Å²) in [5.41, 5.74) is 0.821. The van der Waals surface area contributed by atoms with Gasteiger partial charge >= 0.3 is 0 Å². The number of piperazine rings is 1. The van der Waals surface area contributed by atoms with Gasteiger partial charge in [0, 0.05) is 54.8 Å². The molecule has 0 radical (unpaired) electrons. The van der Waals surface area contributed by atoms with E-state index in [1.54, 1.807) is 28.0 Å². The van der Waals surface area contributed by atoms with Crippen LogP contribution in [0.3, 0.4) is 0 Å². The lowest BCUT2D eigenvalue weighted by atomic mass is 9.95. The van der Waals surface area contributed by atoms with Crippen molar-refractivity contribution in [3.63, 3.8) is 0 Å². The summed E-state index contributed by atoms with van der Waals surface area (Å²) in [4.78, 5) is 30.2. The number of carbonyl (C=O) groups excluding carboxylic acids is 2. The van der Waals surface area contributed by atoms with Gasteiger partial charge in [-0.25, -0.2) is 4.39 Å². The van der Waals surface area contributed by atoms with Gasteiger partial charge in [0.25, 0.3) is 5.91 Å². The maximum absolute atomic E-state index is 14.7. The first kappa shape index (κ1) is 30.1. The van der Waals surface area contributed by atoms with Crippen LogP contribution in [0.1, 0.15) is 35.7 Å². The number of nitrogens with one attached hydrogen (secondary N) is 2.